The van der Waals surface area contributed by atoms with Crippen LogP contribution in [0.5, 0.6) is 0 Å². The van der Waals surface area contributed by atoms with E-state index in [4.69, 9.17) is 5.73 Å². The molecule has 4 N–H and O–H groups in total. The van der Waals surface area contributed by atoms with Gasteiger partial charge in [-0.05, 0) is 31.0 Å². The van der Waals surface area contributed by atoms with Crippen LogP contribution in [0.3, 0.4) is 0 Å². The van der Waals surface area contributed by atoms with Crippen molar-refractivity contribution in [1.82, 2.24) is 0 Å². The Balaban J connectivity index is 2.11. The van der Waals surface area contributed by atoms with Crippen molar-refractivity contribution < 1.29 is 9.50 Å². The molecule has 1 fully saturated rings. The molecule has 2 rings (SSSR count). The van der Waals surface area contributed by atoms with E-state index in [0.29, 0.717) is 11.4 Å². The summed E-state index contributed by atoms with van der Waals surface area (Å²) in [5.41, 5.74) is 6.94. The molecule has 1 aromatic carbocycles. The Morgan fingerprint density at radius 2 is 2.25 bits per heavy atom. The molecule has 2 unspecified atom stereocenters. The van der Waals surface area contributed by atoms with E-state index in [2.05, 4.69) is 5.32 Å². The van der Waals surface area contributed by atoms with Crippen LogP contribution in [-0.2, 0) is 0 Å². The molecule has 0 amide bonds. The van der Waals surface area contributed by atoms with Gasteiger partial charge in [-0.3, -0.25) is 0 Å². The quantitative estimate of drug-likeness (QED) is 0.688. The summed E-state index contributed by atoms with van der Waals surface area (Å²) in [5, 5.41) is 12.4. The van der Waals surface area contributed by atoms with Crippen LogP contribution >= 0.6 is 0 Å². The van der Waals surface area contributed by atoms with Gasteiger partial charge in [0.1, 0.15) is 5.82 Å². The summed E-state index contributed by atoms with van der Waals surface area (Å²) in [6.07, 6.45) is 3.11. The van der Waals surface area contributed by atoms with Gasteiger partial charge in [0, 0.05) is 18.6 Å². The Bertz CT molecular complexity index is 370. The lowest BCUT2D eigenvalue weighted by atomic mass is 10.0. The average molecular weight is 224 g/mol. The fourth-order valence-corrected chi connectivity index (χ4v) is 2.30. The summed E-state index contributed by atoms with van der Waals surface area (Å²) in [6, 6.07) is 4.51. The molecular formula is C12H17FN2O. The number of rotatable bonds is 3. The van der Waals surface area contributed by atoms with Crippen LogP contribution in [-0.4, -0.2) is 17.8 Å². The van der Waals surface area contributed by atoms with E-state index in [9.17, 15) is 9.50 Å². The number of hydrogen-bond acceptors (Lipinski definition) is 3. The second-order valence-electron chi connectivity index (χ2n) is 4.36. The second kappa shape index (κ2) is 4.70. The Labute approximate surface area is 94.5 Å². The molecule has 0 aromatic heterocycles. The monoisotopic (exact) mass is 224 g/mol. The minimum Gasteiger partial charge on any atom is -0.397 e. The number of aliphatic hydroxyl groups excluding tert-OH is 1. The van der Waals surface area contributed by atoms with E-state index in [-0.39, 0.29) is 24.4 Å². The first-order valence-electron chi connectivity index (χ1n) is 5.63. The largest absolute Gasteiger partial charge is 0.397 e. The lowest BCUT2D eigenvalue weighted by Crippen LogP contribution is -2.26. The van der Waals surface area contributed by atoms with Crippen LogP contribution in [0.25, 0.3) is 0 Å². The van der Waals surface area contributed by atoms with Crippen molar-refractivity contribution in [2.75, 3.05) is 17.7 Å². The van der Waals surface area contributed by atoms with Crippen LogP contribution in [0, 0.1) is 11.7 Å². The third kappa shape index (κ3) is 2.27. The molecule has 1 aliphatic carbocycles. The topological polar surface area (TPSA) is 58.3 Å². The van der Waals surface area contributed by atoms with Gasteiger partial charge in [-0.25, -0.2) is 4.39 Å². The number of anilines is 2. The maximum absolute atomic E-state index is 13.1. The van der Waals surface area contributed by atoms with Gasteiger partial charge in [0.05, 0.1) is 11.4 Å². The van der Waals surface area contributed by atoms with Gasteiger partial charge >= 0.3 is 0 Å². The maximum atomic E-state index is 13.1. The molecule has 1 saturated carbocycles. The van der Waals surface area contributed by atoms with Crippen LogP contribution in [0.15, 0.2) is 18.2 Å². The van der Waals surface area contributed by atoms with E-state index < -0.39 is 0 Å². The van der Waals surface area contributed by atoms with E-state index in [1.54, 1.807) is 6.07 Å². The molecule has 2 atom stereocenters. The minimum atomic E-state index is -0.296. The molecule has 1 aromatic rings. The minimum absolute atomic E-state index is 0.173. The first-order chi connectivity index (χ1) is 7.70. The number of nitrogens with two attached hydrogens (primary N) is 1. The second-order valence-corrected chi connectivity index (χ2v) is 4.36. The van der Waals surface area contributed by atoms with E-state index in [0.717, 1.165) is 19.3 Å². The molecule has 16 heavy (non-hydrogen) atoms. The zero-order valence-electron chi connectivity index (χ0n) is 9.12. The molecule has 88 valence electrons. The number of hydrogen-bond donors (Lipinski definition) is 3. The van der Waals surface area contributed by atoms with Gasteiger partial charge in [0.15, 0.2) is 0 Å². The van der Waals surface area contributed by atoms with Crippen LogP contribution in [0.2, 0.25) is 0 Å². The van der Waals surface area contributed by atoms with E-state index >= 15 is 0 Å². The normalized spacial score (nSPS) is 24.6. The standard InChI is InChI=1S/C12H17FN2O/c13-9-4-5-10(14)12(6-9)15-11-3-1-2-8(11)7-16/h4-6,8,11,15-16H,1-3,7,14H2. The van der Waals surface area contributed by atoms with Gasteiger partial charge in [0.2, 0.25) is 0 Å². The summed E-state index contributed by atoms with van der Waals surface area (Å²) in [6.45, 7) is 0.173. The fourth-order valence-electron chi connectivity index (χ4n) is 2.30. The Hall–Kier alpha value is -1.29. The number of nitrogens with one attached hydrogen (secondary N) is 1. The third-order valence-electron chi connectivity index (χ3n) is 3.25. The highest BCUT2D eigenvalue weighted by molar-refractivity contribution is 5.66. The first-order valence-corrected chi connectivity index (χ1v) is 5.63. The van der Waals surface area contributed by atoms with Gasteiger partial charge in [-0.1, -0.05) is 6.42 Å². The highest BCUT2D eigenvalue weighted by Gasteiger charge is 2.26. The third-order valence-corrected chi connectivity index (χ3v) is 3.25. The van der Waals surface area contributed by atoms with Gasteiger partial charge in [0.25, 0.3) is 0 Å². The molecule has 3 nitrogen and oxygen atoms in total. The first kappa shape index (κ1) is 11.2. The van der Waals surface area contributed by atoms with Crippen molar-refractivity contribution in [3.63, 3.8) is 0 Å². The van der Waals surface area contributed by atoms with Gasteiger partial charge in [-0.15, -0.1) is 0 Å². The molecule has 0 heterocycles. The fraction of sp³-hybridized carbons (Fsp3) is 0.500. The maximum Gasteiger partial charge on any atom is 0.125 e. The molecule has 4 heteroatoms. The van der Waals surface area contributed by atoms with Gasteiger partial charge in [-0.2, -0.15) is 0 Å². The molecular weight excluding hydrogens is 207 g/mol. The van der Waals surface area contributed by atoms with Crippen molar-refractivity contribution in [1.29, 1.82) is 0 Å². The van der Waals surface area contributed by atoms with Crippen LogP contribution in [0.4, 0.5) is 15.8 Å². The molecule has 0 bridgehead atoms. The van der Waals surface area contributed by atoms with Crippen LogP contribution < -0.4 is 11.1 Å². The van der Waals surface area contributed by atoms with Crippen molar-refractivity contribution >= 4 is 11.4 Å². The van der Waals surface area contributed by atoms with E-state index in [1.165, 1.54) is 12.1 Å². The SMILES string of the molecule is Nc1ccc(F)cc1NC1CCCC1CO. The Kier molecular flexibility index (Phi) is 3.29. The summed E-state index contributed by atoms with van der Waals surface area (Å²) in [4.78, 5) is 0. The number of benzene rings is 1. The zero-order chi connectivity index (χ0) is 11.5. The average Bonchev–Trinajstić information content (AvgIpc) is 2.71. The highest BCUT2D eigenvalue weighted by atomic mass is 19.1. The summed E-state index contributed by atoms with van der Waals surface area (Å²) in [7, 11) is 0. The van der Waals surface area contributed by atoms with Gasteiger partial charge < -0.3 is 16.2 Å². The Morgan fingerprint density at radius 3 is 3.00 bits per heavy atom. The van der Waals surface area contributed by atoms with E-state index in [1.807, 2.05) is 0 Å². The van der Waals surface area contributed by atoms with Crippen LogP contribution in [0.1, 0.15) is 19.3 Å². The molecule has 0 radical (unpaired) electrons. The predicted molar refractivity (Wildman–Crippen MR) is 62.6 cm³/mol. The molecule has 0 aliphatic heterocycles. The summed E-state index contributed by atoms with van der Waals surface area (Å²) < 4.78 is 13.1. The predicted octanol–water partition coefficient (Wildman–Crippen LogP) is 1.98. The molecule has 0 saturated heterocycles. The highest BCUT2D eigenvalue weighted by Crippen LogP contribution is 2.30. The number of aliphatic hydroxyl groups is 1. The van der Waals surface area contributed by atoms with Crippen molar-refractivity contribution in [3.05, 3.63) is 24.0 Å². The zero-order valence-corrected chi connectivity index (χ0v) is 9.12. The van der Waals surface area contributed by atoms with Crippen molar-refractivity contribution in [2.45, 2.75) is 25.3 Å². The number of nitrogen functional groups attached to an aromatic ring is 1. The molecule has 0 spiro atoms. The summed E-state index contributed by atoms with van der Waals surface area (Å²) >= 11 is 0. The Morgan fingerprint density at radius 1 is 1.44 bits per heavy atom. The van der Waals surface area contributed by atoms with Crippen molar-refractivity contribution in [2.24, 2.45) is 5.92 Å². The lowest BCUT2D eigenvalue weighted by Gasteiger charge is -2.21. The number of halogens is 1. The lowest BCUT2D eigenvalue weighted by molar-refractivity contribution is 0.222. The molecule has 1 aliphatic rings. The van der Waals surface area contributed by atoms with Crippen molar-refractivity contribution in [3.8, 4) is 0 Å². The smallest absolute Gasteiger partial charge is 0.125 e. The summed E-state index contributed by atoms with van der Waals surface area (Å²) in [5.74, 6) is -0.0436.